The van der Waals surface area contributed by atoms with Gasteiger partial charge in [-0.1, -0.05) is 6.92 Å². The van der Waals surface area contributed by atoms with Crippen LogP contribution in [0.4, 0.5) is 0 Å². The van der Waals surface area contributed by atoms with Crippen molar-refractivity contribution >= 4 is 33.5 Å². The van der Waals surface area contributed by atoms with E-state index in [2.05, 4.69) is 27.4 Å². The second-order valence-electron chi connectivity index (χ2n) is 6.50. The number of carbonyl (C=O) groups excluding carboxylic acids is 1. The average Bonchev–Trinajstić information content (AvgIpc) is 2.92. The number of nitrogens with zero attached hydrogens (tertiary/aromatic N) is 2. The van der Waals surface area contributed by atoms with E-state index in [-0.39, 0.29) is 29.9 Å². The Balaban J connectivity index is 1.81. The third-order valence-corrected chi connectivity index (χ3v) is 7.57. The van der Waals surface area contributed by atoms with Crippen molar-refractivity contribution in [3.63, 3.8) is 0 Å². The normalized spacial score (nSPS) is 26.5. The molecule has 25 heavy (non-hydrogen) atoms. The van der Waals surface area contributed by atoms with Gasteiger partial charge in [-0.3, -0.25) is 9.79 Å². The van der Waals surface area contributed by atoms with Crippen molar-refractivity contribution in [1.82, 2.24) is 15.5 Å². The monoisotopic (exact) mass is 390 g/mol. The van der Waals surface area contributed by atoms with Crippen molar-refractivity contribution in [2.45, 2.75) is 44.4 Å². The smallest absolute Gasteiger partial charge is 0.222 e. The van der Waals surface area contributed by atoms with E-state index in [0.29, 0.717) is 18.2 Å². The summed E-state index contributed by atoms with van der Waals surface area (Å²) in [4.78, 5) is 18.9. The maximum atomic E-state index is 12.0. The summed E-state index contributed by atoms with van der Waals surface area (Å²) < 4.78 is 22.9. The van der Waals surface area contributed by atoms with E-state index in [1.165, 1.54) is 0 Å². The number of carbonyl (C=O) groups is 1. The number of aliphatic imine (C=N–C) groups is 1. The van der Waals surface area contributed by atoms with E-state index in [1.807, 2.05) is 18.7 Å². The molecule has 0 aromatic carbocycles. The van der Waals surface area contributed by atoms with E-state index in [9.17, 15) is 13.2 Å². The highest BCUT2D eigenvalue weighted by Crippen LogP contribution is 2.21. The molecule has 0 bridgehead atoms. The minimum absolute atomic E-state index is 0.0640. The topological polar surface area (TPSA) is 90.9 Å². The lowest BCUT2D eigenvalue weighted by molar-refractivity contribution is -0.121. The minimum atomic E-state index is -2.97. The van der Waals surface area contributed by atoms with E-state index in [4.69, 9.17) is 0 Å². The van der Waals surface area contributed by atoms with Crippen LogP contribution in [0.25, 0.3) is 0 Å². The van der Waals surface area contributed by atoms with Gasteiger partial charge >= 0.3 is 0 Å². The van der Waals surface area contributed by atoms with Crippen LogP contribution in [0.5, 0.6) is 0 Å². The highest BCUT2D eigenvalue weighted by Gasteiger charge is 2.28. The number of amides is 1. The maximum absolute atomic E-state index is 12.0. The van der Waals surface area contributed by atoms with Gasteiger partial charge in [-0.25, -0.2) is 8.42 Å². The van der Waals surface area contributed by atoms with Gasteiger partial charge in [-0.05, 0) is 19.8 Å². The minimum Gasteiger partial charge on any atom is -0.357 e. The molecule has 144 valence electrons. The lowest BCUT2D eigenvalue weighted by atomic mass is 10.2. The molecular weight excluding hydrogens is 360 g/mol. The fourth-order valence-electron chi connectivity index (χ4n) is 3.06. The van der Waals surface area contributed by atoms with Gasteiger partial charge in [0.25, 0.3) is 0 Å². The van der Waals surface area contributed by atoms with Crippen molar-refractivity contribution < 1.29 is 13.2 Å². The SMILES string of the molecule is CCNC(=NCCC(=O)NC1CCS(=O)(=O)C1)N1CCSC(CC)C1. The van der Waals surface area contributed by atoms with Gasteiger partial charge in [0, 0.05) is 43.1 Å². The van der Waals surface area contributed by atoms with Gasteiger partial charge in [-0.15, -0.1) is 0 Å². The van der Waals surface area contributed by atoms with Crippen molar-refractivity contribution in [2.24, 2.45) is 4.99 Å². The molecule has 2 saturated heterocycles. The fraction of sp³-hybridized carbons (Fsp3) is 0.875. The lowest BCUT2D eigenvalue weighted by Crippen LogP contribution is -2.48. The zero-order chi connectivity index (χ0) is 18.3. The molecule has 0 radical (unpaired) electrons. The number of thioether (sulfide) groups is 1. The van der Waals surface area contributed by atoms with Crippen molar-refractivity contribution in [1.29, 1.82) is 0 Å². The van der Waals surface area contributed by atoms with E-state index < -0.39 is 9.84 Å². The molecule has 9 heteroatoms. The van der Waals surface area contributed by atoms with Crippen LogP contribution in [0, 0.1) is 0 Å². The quantitative estimate of drug-likeness (QED) is 0.506. The summed E-state index contributed by atoms with van der Waals surface area (Å²) in [5.74, 6) is 2.08. The molecule has 2 fully saturated rings. The Labute approximate surface area is 155 Å². The maximum Gasteiger partial charge on any atom is 0.222 e. The molecule has 2 heterocycles. The second-order valence-corrected chi connectivity index (χ2v) is 10.1. The molecule has 2 unspecified atom stereocenters. The molecule has 1 amide bonds. The summed E-state index contributed by atoms with van der Waals surface area (Å²) in [6, 6.07) is -0.237. The molecule has 7 nitrogen and oxygen atoms in total. The van der Waals surface area contributed by atoms with Crippen molar-refractivity contribution in [3.8, 4) is 0 Å². The molecule has 0 aromatic heterocycles. The lowest BCUT2D eigenvalue weighted by Gasteiger charge is -2.34. The summed E-state index contributed by atoms with van der Waals surface area (Å²) in [7, 11) is -2.97. The van der Waals surface area contributed by atoms with Crippen LogP contribution in [-0.4, -0.2) is 79.9 Å². The Hall–Kier alpha value is -0.960. The number of nitrogens with one attached hydrogen (secondary N) is 2. The molecule has 2 aliphatic heterocycles. The average molecular weight is 391 g/mol. The van der Waals surface area contributed by atoms with Crippen LogP contribution in [0.3, 0.4) is 0 Å². The Morgan fingerprint density at radius 2 is 2.16 bits per heavy atom. The van der Waals surface area contributed by atoms with Gasteiger partial charge < -0.3 is 15.5 Å². The molecule has 0 aliphatic carbocycles. The van der Waals surface area contributed by atoms with Crippen LogP contribution in [-0.2, 0) is 14.6 Å². The first-order chi connectivity index (χ1) is 11.9. The van der Waals surface area contributed by atoms with Crippen LogP contribution in [0.2, 0.25) is 0 Å². The number of hydrogen-bond acceptors (Lipinski definition) is 5. The summed E-state index contributed by atoms with van der Waals surface area (Å²) in [6.07, 6.45) is 1.95. The van der Waals surface area contributed by atoms with Gasteiger partial charge in [-0.2, -0.15) is 11.8 Å². The predicted octanol–water partition coefficient (Wildman–Crippen LogP) is 0.473. The molecular formula is C16H30N4O3S2. The summed E-state index contributed by atoms with van der Waals surface area (Å²) in [5, 5.41) is 6.75. The third kappa shape index (κ3) is 6.69. The zero-order valence-corrected chi connectivity index (χ0v) is 16.8. The van der Waals surface area contributed by atoms with Gasteiger partial charge in [0.2, 0.25) is 5.91 Å². The van der Waals surface area contributed by atoms with E-state index >= 15 is 0 Å². The molecule has 2 atom stereocenters. The Bertz CT molecular complexity index is 580. The predicted molar refractivity (Wildman–Crippen MR) is 104 cm³/mol. The first-order valence-corrected chi connectivity index (χ1v) is 11.9. The molecule has 2 rings (SSSR count). The first-order valence-electron chi connectivity index (χ1n) is 9.08. The first kappa shape index (κ1) is 20.4. The molecule has 0 spiro atoms. The third-order valence-electron chi connectivity index (χ3n) is 4.43. The summed E-state index contributed by atoms with van der Waals surface area (Å²) >= 11 is 2.01. The fourth-order valence-corrected chi connectivity index (χ4v) is 5.91. The standard InChI is InChI=1S/C16H30N4O3S2/c1-3-14-11-20(8-9-24-14)16(17-4-2)18-7-5-15(21)19-13-6-10-25(22,23)12-13/h13-14H,3-12H2,1-2H3,(H,17,18)(H,19,21). The Morgan fingerprint density at radius 3 is 2.80 bits per heavy atom. The van der Waals surface area contributed by atoms with Gasteiger partial charge in [0.1, 0.15) is 0 Å². The van der Waals surface area contributed by atoms with Gasteiger partial charge in [0.05, 0.1) is 18.1 Å². The molecule has 2 aliphatic rings. The van der Waals surface area contributed by atoms with E-state index in [1.54, 1.807) is 0 Å². The van der Waals surface area contributed by atoms with Crippen molar-refractivity contribution in [3.05, 3.63) is 0 Å². The number of sulfone groups is 1. The summed E-state index contributed by atoms with van der Waals surface area (Å²) in [6.45, 7) is 7.41. The van der Waals surface area contributed by atoms with Crippen LogP contribution < -0.4 is 10.6 Å². The zero-order valence-electron chi connectivity index (χ0n) is 15.2. The molecule has 0 saturated carbocycles. The summed E-state index contributed by atoms with van der Waals surface area (Å²) in [5.41, 5.74) is 0. The van der Waals surface area contributed by atoms with Crippen LogP contribution in [0.1, 0.15) is 33.1 Å². The van der Waals surface area contributed by atoms with Crippen LogP contribution >= 0.6 is 11.8 Å². The Kier molecular flexibility index (Phi) is 7.86. The van der Waals surface area contributed by atoms with E-state index in [0.717, 1.165) is 37.8 Å². The van der Waals surface area contributed by atoms with Crippen molar-refractivity contribution in [2.75, 3.05) is 43.4 Å². The highest BCUT2D eigenvalue weighted by atomic mass is 32.2. The second kappa shape index (κ2) is 9.66. The number of hydrogen-bond donors (Lipinski definition) is 2. The van der Waals surface area contributed by atoms with Crippen LogP contribution in [0.15, 0.2) is 4.99 Å². The largest absolute Gasteiger partial charge is 0.357 e. The van der Waals surface area contributed by atoms with Gasteiger partial charge in [0.15, 0.2) is 15.8 Å². The highest BCUT2D eigenvalue weighted by molar-refractivity contribution is 8.00. The number of guanidine groups is 1. The molecule has 2 N–H and O–H groups in total. The Morgan fingerprint density at radius 1 is 1.36 bits per heavy atom. The molecule has 0 aromatic rings. The number of rotatable bonds is 6.